The van der Waals surface area contributed by atoms with Crippen molar-refractivity contribution in [2.45, 2.75) is 37.6 Å². The zero-order valence-electron chi connectivity index (χ0n) is 14.2. The van der Waals surface area contributed by atoms with Gasteiger partial charge in [-0.25, -0.2) is 4.79 Å². The van der Waals surface area contributed by atoms with Gasteiger partial charge in [0.15, 0.2) is 6.10 Å². The Balaban J connectivity index is 0.000000696. The predicted octanol–water partition coefficient (Wildman–Crippen LogP) is -1.74. The summed E-state index contributed by atoms with van der Waals surface area (Å²) in [7, 11) is -4.67. The van der Waals surface area contributed by atoms with E-state index in [0.29, 0.717) is 5.69 Å². The fraction of sp³-hybridized carbons (Fsp3) is 0.429. The smallest absolute Gasteiger partial charge is 0.394 e. The molecule has 158 valence electrons. The number of amides is 1. The van der Waals surface area contributed by atoms with Crippen LogP contribution in [0.2, 0.25) is 0 Å². The molecule has 14 heteroatoms. The summed E-state index contributed by atoms with van der Waals surface area (Å²) in [6.45, 7) is 1.36. The molecule has 1 amide bonds. The van der Waals surface area contributed by atoms with Crippen molar-refractivity contribution in [3.63, 3.8) is 0 Å². The monoisotopic (exact) mass is 425 g/mol. The molecular weight excluding hydrogens is 406 g/mol. The van der Waals surface area contributed by atoms with Crippen molar-refractivity contribution in [2.24, 2.45) is 0 Å². The Morgan fingerprint density at radius 2 is 1.54 bits per heavy atom. The second-order valence-corrected chi connectivity index (χ2v) is 6.40. The van der Waals surface area contributed by atoms with E-state index < -0.39 is 47.1 Å². The number of carbonyl (C=O) groups is 2. The van der Waals surface area contributed by atoms with Gasteiger partial charge in [0.2, 0.25) is 12.2 Å². The van der Waals surface area contributed by atoms with Crippen molar-refractivity contribution in [1.82, 2.24) is 0 Å². The first-order valence-corrected chi connectivity index (χ1v) is 8.86. The number of carboxylic acid groups (broad SMARTS) is 1. The number of aliphatic carboxylic acids is 1. The largest absolute Gasteiger partial charge is 0.479 e. The highest BCUT2D eigenvalue weighted by Crippen LogP contribution is 2.25. The average Bonchev–Trinajstić information content (AvgIpc) is 2.54. The van der Waals surface area contributed by atoms with Crippen LogP contribution in [0.1, 0.15) is 6.92 Å². The lowest BCUT2D eigenvalue weighted by Gasteiger charge is -2.38. The number of carbonyl (C=O) groups excluding carboxylic acids is 1. The highest BCUT2D eigenvalue weighted by atomic mass is 32.3. The third-order valence-electron chi connectivity index (χ3n) is 3.24. The molecular formula is C14H19NO12S. The summed E-state index contributed by atoms with van der Waals surface area (Å²) >= 11 is 0. The molecule has 0 bridgehead atoms. The molecule has 5 atom stereocenters. The van der Waals surface area contributed by atoms with E-state index in [-0.39, 0.29) is 11.7 Å². The number of aliphatic hydroxyl groups excluding tert-OH is 3. The average molecular weight is 425 g/mol. The maximum atomic E-state index is 11.0. The SMILES string of the molecule is CC(=O)Nc1ccc(OC2O[C@H](C(=O)O)[C@@H](O)[C@H](O)[C@H]2O)cc1.O=S(=O)(O)O. The maximum Gasteiger partial charge on any atom is 0.394 e. The fourth-order valence-corrected chi connectivity index (χ4v) is 2.10. The number of ether oxygens (including phenoxy) is 2. The van der Waals surface area contributed by atoms with E-state index in [0.717, 1.165) is 0 Å². The summed E-state index contributed by atoms with van der Waals surface area (Å²) in [5.74, 6) is -1.51. The first kappa shape index (κ1) is 23.7. The van der Waals surface area contributed by atoms with E-state index >= 15 is 0 Å². The van der Waals surface area contributed by atoms with E-state index in [2.05, 4.69) is 5.32 Å². The molecule has 13 nitrogen and oxygen atoms in total. The quantitative estimate of drug-likeness (QED) is 0.267. The summed E-state index contributed by atoms with van der Waals surface area (Å²) in [4.78, 5) is 21.9. The van der Waals surface area contributed by atoms with Gasteiger partial charge in [0.1, 0.15) is 24.1 Å². The van der Waals surface area contributed by atoms with Crippen LogP contribution < -0.4 is 10.1 Å². The Bertz CT molecular complexity index is 772. The molecule has 28 heavy (non-hydrogen) atoms. The van der Waals surface area contributed by atoms with Gasteiger partial charge in [-0.05, 0) is 24.3 Å². The Morgan fingerprint density at radius 1 is 1.04 bits per heavy atom. The van der Waals surface area contributed by atoms with Crippen LogP contribution in [0.4, 0.5) is 5.69 Å². The number of hydrogen-bond acceptors (Lipinski definition) is 9. The van der Waals surface area contributed by atoms with Crippen LogP contribution in [0.5, 0.6) is 5.75 Å². The topological polar surface area (TPSA) is 220 Å². The summed E-state index contributed by atoms with van der Waals surface area (Å²) in [5.41, 5.74) is 0.522. The second-order valence-electron chi connectivity index (χ2n) is 5.51. The lowest BCUT2D eigenvalue weighted by molar-refractivity contribution is -0.271. The lowest BCUT2D eigenvalue weighted by Crippen LogP contribution is -2.61. The number of hydrogen-bond donors (Lipinski definition) is 7. The number of aliphatic hydroxyl groups is 3. The normalized spacial score (nSPS) is 27.1. The predicted molar refractivity (Wildman–Crippen MR) is 89.9 cm³/mol. The van der Waals surface area contributed by atoms with Gasteiger partial charge in [-0.1, -0.05) is 0 Å². The number of rotatable bonds is 4. The molecule has 1 aliphatic heterocycles. The molecule has 0 aliphatic carbocycles. The second kappa shape index (κ2) is 9.74. The fourth-order valence-electron chi connectivity index (χ4n) is 2.10. The Labute approximate surface area is 158 Å². The van der Waals surface area contributed by atoms with Crippen LogP contribution in [-0.4, -0.2) is 80.5 Å². The van der Waals surface area contributed by atoms with E-state index in [4.69, 9.17) is 32.1 Å². The Morgan fingerprint density at radius 3 is 1.96 bits per heavy atom. The van der Waals surface area contributed by atoms with Gasteiger partial charge in [-0.3, -0.25) is 13.9 Å². The van der Waals surface area contributed by atoms with Gasteiger partial charge in [-0.2, -0.15) is 8.42 Å². The van der Waals surface area contributed by atoms with Gasteiger partial charge in [0, 0.05) is 12.6 Å². The van der Waals surface area contributed by atoms with Gasteiger partial charge >= 0.3 is 16.4 Å². The molecule has 0 radical (unpaired) electrons. The minimum atomic E-state index is -4.67. The summed E-state index contributed by atoms with van der Waals surface area (Å²) in [5, 5.41) is 40.6. The number of nitrogens with one attached hydrogen (secondary N) is 1. The zero-order chi connectivity index (χ0) is 21.6. The van der Waals surface area contributed by atoms with Crippen molar-refractivity contribution in [3.8, 4) is 5.75 Å². The molecule has 1 aromatic rings. The molecule has 1 fully saturated rings. The van der Waals surface area contributed by atoms with Gasteiger partial charge in [0.05, 0.1) is 0 Å². The molecule has 1 heterocycles. The summed E-state index contributed by atoms with van der Waals surface area (Å²) in [6, 6.07) is 6.00. The first-order valence-electron chi connectivity index (χ1n) is 7.46. The Hall–Kier alpha value is -2.33. The molecule has 0 saturated carbocycles. The van der Waals surface area contributed by atoms with Gasteiger partial charge < -0.3 is 35.2 Å². The van der Waals surface area contributed by atoms with Crippen LogP contribution in [0, 0.1) is 0 Å². The van der Waals surface area contributed by atoms with E-state index in [1.54, 1.807) is 0 Å². The zero-order valence-corrected chi connectivity index (χ0v) is 15.1. The highest BCUT2D eigenvalue weighted by molar-refractivity contribution is 7.79. The molecule has 0 aromatic heterocycles. The molecule has 0 spiro atoms. The number of anilines is 1. The van der Waals surface area contributed by atoms with E-state index in [1.165, 1.54) is 31.2 Å². The van der Waals surface area contributed by atoms with Crippen molar-refractivity contribution in [3.05, 3.63) is 24.3 Å². The highest BCUT2D eigenvalue weighted by Gasteiger charge is 2.48. The van der Waals surface area contributed by atoms with Crippen molar-refractivity contribution in [2.75, 3.05) is 5.32 Å². The summed E-state index contributed by atoms with van der Waals surface area (Å²) in [6.07, 6.45) is -8.33. The number of carboxylic acids is 1. The summed E-state index contributed by atoms with van der Waals surface area (Å²) < 4.78 is 41.9. The molecule has 1 saturated heterocycles. The molecule has 7 N–H and O–H groups in total. The minimum absolute atomic E-state index is 0.218. The minimum Gasteiger partial charge on any atom is -0.479 e. The van der Waals surface area contributed by atoms with E-state index in [9.17, 15) is 24.9 Å². The maximum absolute atomic E-state index is 11.0. The van der Waals surface area contributed by atoms with Crippen molar-refractivity contribution in [1.29, 1.82) is 0 Å². The van der Waals surface area contributed by atoms with Crippen LogP contribution >= 0.6 is 0 Å². The van der Waals surface area contributed by atoms with E-state index in [1.807, 2.05) is 0 Å². The van der Waals surface area contributed by atoms with Gasteiger partial charge in [0.25, 0.3) is 0 Å². The van der Waals surface area contributed by atoms with Crippen LogP contribution in [0.25, 0.3) is 0 Å². The third kappa shape index (κ3) is 7.73. The molecule has 1 aliphatic rings. The third-order valence-corrected chi connectivity index (χ3v) is 3.24. The Kier molecular flexibility index (Phi) is 8.25. The standard InChI is InChI=1S/C14H17NO8.H2O4S/c1-6(16)15-7-2-4-8(5-3-7)22-14-11(19)9(17)10(18)12(23-14)13(20)21;1-5(2,3)4/h2-5,9-12,14,17-19H,1H3,(H,15,16)(H,20,21);(H2,1,2,3,4)/t9-,10-,11+,12-,14?;/m0./s1. The molecule has 2 rings (SSSR count). The first-order chi connectivity index (χ1) is 12.8. The van der Waals surface area contributed by atoms with Crippen LogP contribution in [0.15, 0.2) is 24.3 Å². The molecule has 1 unspecified atom stereocenters. The molecule has 1 aromatic carbocycles. The van der Waals surface area contributed by atoms with Gasteiger partial charge in [-0.15, -0.1) is 0 Å². The van der Waals surface area contributed by atoms with Crippen LogP contribution in [-0.2, 0) is 24.7 Å². The van der Waals surface area contributed by atoms with Crippen molar-refractivity contribution < 1.29 is 57.0 Å². The lowest BCUT2D eigenvalue weighted by atomic mass is 9.99. The van der Waals surface area contributed by atoms with Crippen LogP contribution in [0.3, 0.4) is 0 Å². The van der Waals surface area contributed by atoms with Crippen molar-refractivity contribution >= 4 is 28.0 Å². The number of benzene rings is 1.